The number of aliphatic hydroxyl groups is 1. The zero-order valence-electron chi connectivity index (χ0n) is 13.9. The van der Waals surface area contributed by atoms with E-state index in [9.17, 15) is 5.11 Å². The lowest BCUT2D eigenvalue weighted by atomic mass is 9.93. The molecular weight excluding hydrogens is 393 g/mol. The maximum absolute atomic E-state index is 10.7. The SMILES string of the molecule is CCNC(=NCC(C)(O)c1cc(C)oc1C)NC1CCC1.I. The molecule has 6 heteroatoms. The van der Waals surface area contributed by atoms with Gasteiger partial charge in [0.1, 0.15) is 17.1 Å². The number of hydrogen-bond acceptors (Lipinski definition) is 3. The van der Waals surface area contributed by atoms with Gasteiger partial charge in [-0.25, -0.2) is 4.99 Å². The highest BCUT2D eigenvalue weighted by Crippen LogP contribution is 2.27. The van der Waals surface area contributed by atoms with Crippen LogP contribution in [-0.2, 0) is 5.60 Å². The largest absolute Gasteiger partial charge is 0.466 e. The van der Waals surface area contributed by atoms with Gasteiger partial charge in [-0.3, -0.25) is 0 Å². The monoisotopic (exact) mass is 421 g/mol. The molecule has 2 rings (SSSR count). The van der Waals surface area contributed by atoms with Crippen molar-refractivity contribution < 1.29 is 9.52 Å². The quantitative estimate of drug-likeness (QED) is 0.389. The van der Waals surface area contributed by atoms with E-state index in [1.54, 1.807) is 6.92 Å². The Kier molecular flexibility index (Phi) is 7.18. The van der Waals surface area contributed by atoms with E-state index in [-0.39, 0.29) is 24.0 Å². The van der Waals surface area contributed by atoms with Crippen LogP contribution in [0.15, 0.2) is 15.5 Å². The summed E-state index contributed by atoms with van der Waals surface area (Å²) in [6.07, 6.45) is 3.67. The summed E-state index contributed by atoms with van der Waals surface area (Å²) in [6, 6.07) is 2.41. The average Bonchev–Trinajstić information content (AvgIpc) is 2.70. The van der Waals surface area contributed by atoms with Gasteiger partial charge in [-0.2, -0.15) is 0 Å². The molecule has 0 saturated heterocycles. The Labute approximate surface area is 150 Å². The molecule has 1 heterocycles. The highest BCUT2D eigenvalue weighted by atomic mass is 127. The highest BCUT2D eigenvalue weighted by Gasteiger charge is 2.28. The fraction of sp³-hybridized carbons (Fsp3) is 0.688. The van der Waals surface area contributed by atoms with Crippen LogP contribution >= 0.6 is 24.0 Å². The van der Waals surface area contributed by atoms with Crippen molar-refractivity contribution >= 4 is 29.9 Å². The second-order valence-electron chi connectivity index (χ2n) is 6.07. The summed E-state index contributed by atoms with van der Waals surface area (Å²) in [5.41, 5.74) is -0.215. The minimum Gasteiger partial charge on any atom is -0.466 e. The Balaban J connectivity index is 0.00000242. The fourth-order valence-corrected chi connectivity index (χ4v) is 2.55. The Hall–Kier alpha value is -0.760. The van der Waals surface area contributed by atoms with E-state index >= 15 is 0 Å². The number of guanidine groups is 1. The summed E-state index contributed by atoms with van der Waals surface area (Å²) >= 11 is 0. The zero-order chi connectivity index (χ0) is 15.5. The summed E-state index contributed by atoms with van der Waals surface area (Å²) in [5, 5.41) is 17.3. The minimum absolute atomic E-state index is 0. The van der Waals surface area contributed by atoms with Crippen molar-refractivity contribution in [1.82, 2.24) is 10.6 Å². The van der Waals surface area contributed by atoms with Crippen LogP contribution < -0.4 is 10.6 Å². The Morgan fingerprint density at radius 2 is 2.14 bits per heavy atom. The number of nitrogens with one attached hydrogen (secondary N) is 2. The molecule has 0 radical (unpaired) electrons. The smallest absolute Gasteiger partial charge is 0.191 e. The molecule has 0 bridgehead atoms. The molecule has 1 unspecified atom stereocenters. The van der Waals surface area contributed by atoms with Crippen molar-refractivity contribution in [2.24, 2.45) is 4.99 Å². The lowest BCUT2D eigenvalue weighted by Crippen LogP contribution is -2.46. The van der Waals surface area contributed by atoms with E-state index in [0.29, 0.717) is 12.6 Å². The summed E-state index contributed by atoms with van der Waals surface area (Å²) in [4.78, 5) is 4.54. The van der Waals surface area contributed by atoms with Crippen molar-refractivity contribution in [3.8, 4) is 0 Å². The van der Waals surface area contributed by atoms with Gasteiger partial charge in [-0.05, 0) is 53.0 Å². The number of aryl methyl sites for hydroxylation is 2. The van der Waals surface area contributed by atoms with Crippen molar-refractivity contribution in [2.45, 2.75) is 58.6 Å². The van der Waals surface area contributed by atoms with Gasteiger partial charge in [0.15, 0.2) is 5.96 Å². The number of halogens is 1. The lowest BCUT2D eigenvalue weighted by molar-refractivity contribution is 0.0656. The molecule has 5 nitrogen and oxygen atoms in total. The van der Waals surface area contributed by atoms with E-state index in [1.165, 1.54) is 19.3 Å². The van der Waals surface area contributed by atoms with Gasteiger partial charge in [-0.15, -0.1) is 24.0 Å². The number of rotatable bonds is 5. The summed E-state index contributed by atoms with van der Waals surface area (Å²) in [5.74, 6) is 2.34. The van der Waals surface area contributed by atoms with Crippen LogP contribution in [0.3, 0.4) is 0 Å². The Morgan fingerprint density at radius 3 is 2.59 bits per heavy atom. The normalized spacial score (nSPS) is 18.1. The Bertz CT molecular complexity index is 507. The molecule has 0 aliphatic heterocycles. The molecule has 1 fully saturated rings. The molecule has 1 aromatic heterocycles. The molecule has 0 spiro atoms. The van der Waals surface area contributed by atoms with E-state index in [2.05, 4.69) is 15.6 Å². The van der Waals surface area contributed by atoms with Crippen molar-refractivity contribution in [3.05, 3.63) is 23.2 Å². The molecule has 1 aliphatic rings. The van der Waals surface area contributed by atoms with Crippen molar-refractivity contribution in [1.29, 1.82) is 0 Å². The molecule has 1 aliphatic carbocycles. The van der Waals surface area contributed by atoms with Gasteiger partial charge >= 0.3 is 0 Å². The minimum atomic E-state index is -1.02. The van der Waals surface area contributed by atoms with Gasteiger partial charge in [0.05, 0.1) is 6.54 Å². The number of nitrogens with zero attached hydrogens (tertiary/aromatic N) is 1. The molecule has 0 aromatic carbocycles. The maximum Gasteiger partial charge on any atom is 0.191 e. The summed E-state index contributed by atoms with van der Waals surface area (Å²) < 4.78 is 5.51. The molecule has 22 heavy (non-hydrogen) atoms. The standard InChI is InChI=1S/C16H27N3O2.HI/c1-5-17-15(19-13-7-6-8-13)18-10-16(4,20)14-9-11(2)21-12(14)3;/h9,13,20H,5-8,10H2,1-4H3,(H2,17,18,19);1H. The molecule has 0 amide bonds. The van der Waals surface area contributed by atoms with E-state index < -0.39 is 5.60 Å². The van der Waals surface area contributed by atoms with Crippen LogP contribution in [0.25, 0.3) is 0 Å². The predicted octanol–water partition coefficient (Wildman–Crippen LogP) is 2.83. The van der Waals surface area contributed by atoms with Crippen LogP contribution in [0.2, 0.25) is 0 Å². The fourth-order valence-electron chi connectivity index (χ4n) is 2.55. The molecule has 1 atom stereocenters. The summed E-state index contributed by atoms with van der Waals surface area (Å²) in [6.45, 7) is 8.69. The van der Waals surface area contributed by atoms with E-state index in [0.717, 1.165) is 29.6 Å². The van der Waals surface area contributed by atoms with Crippen molar-refractivity contribution in [2.75, 3.05) is 13.1 Å². The summed E-state index contributed by atoms with van der Waals surface area (Å²) in [7, 11) is 0. The lowest BCUT2D eigenvalue weighted by Gasteiger charge is -2.29. The first-order chi connectivity index (χ1) is 9.92. The third-order valence-electron chi connectivity index (χ3n) is 3.96. The number of aliphatic imine (C=N–C) groups is 1. The number of hydrogen-bond donors (Lipinski definition) is 3. The first-order valence-corrected chi connectivity index (χ1v) is 7.77. The Morgan fingerprint density at radius 1 is 1.45 bits per heavy atom. The third-order valence-corrected chi connectivity index (χ3v) is 3.96. The second-order valence-corrected chi connectivity index (χ2v) is 6.07. The zero-order valence-corrected chi connectivity index (χ0v) is 16.2. The van der Waals surface area contributed by atoms with Gasteiger partial charge in [0.2, 0.25) is 0 Å². The first kappa shape index (κ1) is 19.3. The molecular formula is C16H28IN3O2. The predicted molar refractivity (Wildman–Crippen MR) is 99.9 cm³/mol. The van der Waals surface area contributed by atoms with Crippen LogP contribution in [0, 0.1) is 13.8 Å². The topological polar surface area (TPSA) is 69.8 Å². The van der Waals surface area contributed by atoms with E-state index in [4.69, 9.17) is 4.42 Å². The van der Waals surface area contributed by atoms with Gasteiger partial charge in [0.25, 0.3) is 0 Å². The molecule has 1 saturated carbocycles. The van der Waals surface area contributed by atoms with Crippen LogP contribution in [0.4, 0.5) is 0 Å². The van der Waals surface area contributed by atoms with Crippen LogP contribution in [-0.4, -0.2) is 30.2 Å². The van der Waals surface area contributed by atoms with Crippen LogP contribution in [0.1, 0.15) is 50.2 Å². The molecule has 3 N–H and O–H groups in total. The van der Waals surface area contributed by atoms with Gasteiger partial charge in [-0.1, -0.05) is 0 Å². The number of furan rings is 1. The first-order valence-electron chi connectivity index (χ1n) is 7.77. The molecule has 1 aromatic rings. The van der Waals surface area contributed by atoms with Crippen LogP contribution in [0.5, 0.6) is 0 Å². The second kappa shape index (κ2) is 8.19. The molecule has 126 valence electrons. The third kappa shape index (κ3) is 4.87. The maximum atomic E-state index is 10.7. The highest BCUT2D eigenvalue weighted by molar-refractivity contribution is 14.0. The van der Waals surface area contributed by atoms with Gasteiger partial charge in [0, 0.05) is 18.2 Å². The average molecular weight is 421 g/mol. The van der Waals surface area contributed by atoms with Gasteiger partial charge < -0.3 is 20.2 Å². The van der Waals surface area contributed by atoms with E-state index in [1.807, 2.05) is 26.8 Å². The van der Waals surface area contributed by atoms with Crippen molar-refractivity contribution in [3.63, 3.8) is 0 Å².